The molecule has 0 aliphatic carbocycles. The number of alkyl halides is 3. The zero-order valence-electron chi connectivity index (χ0n) is 11.6. The van der Waals surface area contributed by atoms with Gasteiger partial charge in [-0.2, -0.15) is 13.2 Å². The molecule has 0 aliphatic rings. The normalized spacial score (nSPS) is 12.7. The summed E-state index contributed by atoms with van der Waals surface area (Å²) in [5.41, 5.74) is -0.478. The number of aromatic nitrogens is 1. The number of halogens is 3. The van der Waals surface area contributed by atoms with Crippen LogP contribution in [0.3, 0.4) is 0 Å². The minimum absolute atomic E-state index is 0.183. The lowest BCUT2D eigenvalue weighted by Gasteiger charge is -2.15. The zero-order valence-corrected chi connectivity index (χ0v) is 11.6. The summed E-state index contributed by atoms with van der Waals surface area (Å²) in [4.78, 5) is 15.5. The minimum Gasteiger partial charge on any atom is -0.367 e. The van der Waals surface area contributed by atoms with Crippen molar-refractivity contribution < 1.29 is 22.7 Å². The van der Waals surface area contributed by atoms with Gasteiger partial charge in [-0.05, 0) is 17.7 Å². The number of nitrogens with one attached hydrogen (secondary N) is 1. The Hall–Kier alpha value is -2.41. The van der Waals surface area contributed by atoms with Crippen LogP contribution in [0.15, 0.2) is 48.5 Å². The van der Waals surface area contributed by atoms with Crippen molar-refractivity contribution in [3.8, 4) is 0 Å². The second-order valence-electron chi connectivity index (χ2n) is 4.42. The van der Waals surface area contributed by atoms with Gasteiger partial charge in [0.15, 0.2) is 6.10 Å². The molecule has 1 amide bonds. The molecule has 1 aromatic carbocycles. The van der Waals surface area contributed by atoms with E-state index in [-0.39, 0.29) is 5.82 Å². The maximum atomic E-state index is 12.6. The van der Waals surface area contributed by atoms with Crippen LogP contribution in [-0.4, -0.2) is 18.0 Å². The van der Waals surface area contributed by atoms with Crippen LogP contribution in [0, 0.1) is 0 Å². The Morgan fingerprint density at radius 3 is 2.41 bits per heavy atom. The number of anilines is 1. The lowest BCUT2D eigenvalue weighted by atomic mass is 10.1. The molecule has 0 unspecified atom stereocenters. The van der Waals surface area contributed by atoms with E-state index in [0.29, 0.717) is 5.56 Å². The summed E-state index contributed by atoms with van der Waals surface area (Å²) in [5, 5.41) is 2.33. The molecule has 0 saturated carbocycles. The van der Waals surface area contributed by atoms with E-state index in [1.807, 2.05) is 0 Å². The Kier molecular flexibility index (Phi) is 4.77. The Bertz CT molecular complexity index is 645. The quantitative estimate of drug-likeness (QED) is 0.941. The summed E-state index contributed by atoms with van der Waals surface area (Å²) in [6.45, 7) is 0. The fourth-order valence-electron chi connectivity index (χ4n) is 1.88. The van der Waals surface area contributed by atoms with Crippen LogP contribution in [-0.2, 0) is 15.7 Å². The van der Waals surface area contributed by atoms with Gasteiger partial charge in [-0.1, -0.05) is 36.4 Å². The monoisotopic (exact) mass is 310 g/mol. The molecule has 2 aromatic rings. The van der Waals surface area contributed by atoms with E-state index in [9.17, 15) is 18.0 Å². The van der Waals surface area contributed by atoms with E-state index >= 15 is 0 Å². The summed E-state index contributed by atoms with van der Waals surface area (Å²) in [5.74, 6) is -0.779. The van der Waals surface area contributed by atoms with E-state index in [4.69, 9.17) is 4.74 Å². The van der Waals surface area contributed by atoms with Crippen molar-refractivity contribution >= 4 is 11.7 Å². The molecule has 1 N–H and O–H groups in total. The Morgan fingerprint density at radius 1 is 1.14 bits per heavy atom. The minimum atomic E-state index is -4.57. The first-order chi connectivity index (χ1) is 10.4. The molecule has 0 radical (unpaired) electrons. The average molecular weight is 310 g/mol. The molecule has 0 aliphatic heterocycles. The second-order valence-corrected chi connectivity index (χ2v) is 4.42. The number of pyridine rings is 1. The van der Waals surface area contributed by atoms with Crippen LogP contribution < -0.4 is 5.32 Å². The van der Waals surface area contributed by atoms with Gasteiger partial charge in [0.1, 0.15) is 11.5 Å². The standard InChI is InChI=1S/C15H13F3N2O2/c1-22-13(10-6-3-2-4-7-10)14(21)20-12-9-5-8-11(19-12)15(16,17)18/h2-9,13H,1H3,(H,19,20,21)/t13-/m0/s1. The summed E-state index contributed by atoms with van der Waals surface area (Å²) in [6, 6.07) is 11.9. The number of benzene rings is 1. The maximum absolute atomic E-state index is 12.6. The van der Waals surface area contributed by atoms with E-state index in [2.05, 4.69) is 10.3 Å². The number of hydrogen-bond acceptors (Lipinski definition) is 3. The highest BCUT2D eigenvalue weighted by atomic mass is 19.4. The molecule has 4 nitrogen and oxygen atoms in total. The number of carbonyl (C=O) groups is 1. The molecule has 1 atom stereocenters. The molecule has 22 heavy (non-hydrogen) atoms. The van der Waals surface area contributed by atoms with Crippen molar-refractivity contribution in [2.75, 3.05) is 12.4 Å². The number of nitrogens with zero attached hydrogens (tertiary/aromatic N) is 1. The first-order valence-electron chi connectivity index (χ1n) is 6.34. The van der Waals surface area contributed by atoms with Crippen LogP contribution in [0.25, 0.3) is 0 Å². The third-order valence-electron chi connectivity index (χ3n) is 2.87. The smallest absolute Gasteiger partial charge is 0.367 e. The number of methoxy groups -OCH3 is 1. The van der Waals surface area contributed by atoms with Gasteiger partial charge in [-0.25, -0.2) is 4.98 Å². The predicted molar refractivity (Wildman–Crippen MR) is 74.1 cm³/mol. The van der Waals surface area contributed by atoms with Gasteiger partial charge in [-0.3, -0.25) is 4.79 Å². The van der Waals surface area contributed by atoms with Crippen molar-refractivity contribution in [3.05, 3.63) is 59.8 Å². The van der Waals surface area contributed by atoms with Crippen molar-refractivity contribution in [1.82, 2.24) is 4.98 Å². The molecule has 0 saturated heterocycles. The van der Waals surface area contributed by atoms with Crippen molar-refractivity contribution in [1.29, 1.82) is 0 Å². The first kappa shape index (κ1) is 16.0. The topological polar surface area (TPSA) is 51.2 Å². The fourth-order valence-corrected chi connectivity index (χ4v) is 1.88. The van der Waals surface area contributed by atoms with Crippen LogP contribution in [0.2, 0.25) is 0 Å². The fraction of sp³-hybridized carbons (Fsp3) is 0.200. The van der Waals surface area contributed by atoms with E-state index in [1.54, 1.807) is 30.3 Å². The molecule has 0 spiro atoms. The number of ether oxygens (including phenoxy) is 1. The predicted octanol–water partition coefficient (Wildman–Crippen LogP) is 3.43. The van der Waals surface area contributed by atoms with Gasteiger partial charge < -0.3 is 10.1 Å². The Balaban J connectivity index is 2.18. The molecular weight excluding hydrogens is 297 g/mol. The highest BCUT2D eigenvalue weighted by molar-refractivity contribution is 5.94. The Morgan fingerprint density at radius 2 is 1.82 bits per heavy atom. The largest absolute Gasteiger partial charge is 0.433 e. The number of carbonyl (C=O) groups excluding carboxylic acids is 1. The van der Waals surface area contributed by atoms with Crippen LogP contribution in [0.1, 0.15) is 17.4 Å². The second kappa shape index (κ2) is 6.57. The molecule has 1 heterocycles. The lowest BCUT2D eigenvalue weighted by molar-refractivity contribution is -0.141. The molecule has 2 rings (SSSR count). The van der Waals surface area contributed by atoms with Gasteiger partial charge in [0.2, 0.25) is 0 Å². The molecule has 7 heteroatoms. The SMILES string of the molecule is CO[C@H](C(=O)Nc1cccc(C(F)(F)F)n1)c1ccccc1. The van der Waals surface area contributed by atoms with Gasteiger partial charge in [0.25, 0.3) is 5.91 Å². The van der Waals surface area contributed by atoms with E-state index < -0.39 is 23.9 Å². The van der Waals surface area contributed by atoms with E-state index in [0.717, 1.165) is 6.07 Å². The summed E-state index contributed by atoms with van der Waals surface area (Å²) < 4.78 is 42.9. The van der Waals surface area contributed by atoms with Crippen molar-refractivity contribution in [3.63, 3.8) is 0 Å². The number of rotatable bonds is 4. The highest BCUT2D eigenvalue weighted by Crippen LogP contribution is 2.28. The lowest BCUT2D eigenvalue weighted by Crippen LogP contribution is -2.23. The van der Waals surface area contributed by atoms with Crippen molar-refractivity contribution in [2.24, 2.45) is 0 Å². The average Bonchev–Trinajstić information content (AvgIpc) is 2.48. The maximum Gasteiger partial charge on any atom is 0.433 e. The molecule has 0 fully saturated rings. The van der Waals surface area contributed by atoms with E-state index in [1.165, 1.54) is 19.2 Å². The third-order valence-corrected chi connectivity index (χ3v) is 2.87. The molecular formula is C15H13F3N2O2. The molecule has 1 aromatic heterocycles. The van der Waals surface area contributed by atoms with Gasteiger partial charge >= 0.3 is 6.18 Å². The van der Waals surface area contributed by atoms with Gasteiger partial charge in [0, 0.05) is 7.11 Å². The van der Waals surface area contributed by atoms with Gasteiger partial charge in [0.05, 0.1) is 0 Å². The van der Waals surface area contributed by atoms with Crippen molar-refractivity contribution in [2.45, 2.75) is 12.3 Å². The zero-order chi connectivity index (χ0) is 16.2. The summed E-state index contributed by atoms with van der Waals surface area (Å²) >= 11 is 0. The number of amides is 1. The van der Waals surface area contributed by atoms with Gasteiger partial charge in [-0.15, -0.1) is 0 Å². The van der Waals surface area contributed by atoms with Crippen LogP contribution >= 0.6 is 0 Å². The first-order valence-corrected chi connectivity index (χ1v) is 6.34. The molecule has 0 bridgehead atoms. The Labute approximate surface area is 124 Å². The van der Waals surface area contributed by atoms with Crippen LogP contribution in [0.5, 0.6) is 0 Å². The summed E-state index contributed by atoms with van der Waals surface area (Å²) in [7, 11) is 1.34. The van der Waals surface area contributed by atoms with Crippen LogP contribution in [0.4, 0.5) is 19.0 Å². The number of hydrogen-bond donors (Lipinski definition) is 1. The summed E-state index contributed by atoms with van der Waals surface area (Å²) in [6.07, 6.45) is -5.50. The highest BCUT2D eigenvalue weighted by Gasteiger charge is 2.32. The molecule has 116 valence electrons. The third kappa shape index (κ3) is 3.82.